The number of nitrogens with zero attached hydrogens (tertiary/aromatic N) is 1. The Balaban J connectivity index is 2.17. The van der Waals surface area contributed by atoms with E-state index < -0.39 is 7.12 Å². The molecule has 6 heteroatoms. The maximum atomic E-state index is 12.3. The number of benzene rings is 1. The second-order valence-electron chi connectivity index (χ2n) is 5.11. The molecule has 1 aliphatic heterocycles. The van der Waals surface area contributed by atoms with Crippen LogP contribution in [-0.4, -0.2) is 41.1 Å². The normalized spacial score (nSPS) is 19.4. The fraction of sp³-hybridized carbons (Fsp3) is 0.462. The Bertz CT molecular complexity index is 481. The van der Waals surface area contributed by atoms with Crippen LogP contribution >= 0.6 is 11.6 Å². The number of likely N-dealkylation sites (tertiary alicyclic amines) is 1. The van der Waals surface area contributed by atoms with Crippen molar-refractivity contribution in [3.05, 3.63) is 28.8 Å². The summed E-state index contributed by atoms with van der Waals surface area (Å²) < 4.78 is 0. The van der Waals surface area contributed by atoms with Crippen LogP contribution < -0.4 is 5.46 Å². The average Bonchev–Trinajstić information content (AvgIpc) is 2.37. The molecular formula is C13H17BClNO3. The van der Waals surface area contributed by atoms with Gasteiger partial charge in [-0.25, -0.2) is 0 Å². The van der Waals surface area contributed by atoms with E-state index in [2.05, 4.69) is 6.92 Å². The van der Waals surface area contributed by atoms with Gasteiger partial charge in [-0.1, -0.05) is 24.6 Å². The highest BCUT2D eigenvalue weighted by molar-refractivity contribution is 6.62. The van der Waals surface area contributed by atoms with E-state index in [1.165, 1.54) is 12.1 Å². The minimum Gasteiger partial charge on any atom is -0.423 e. The van der Waals surface area contributed by atoms with Crippen LogP contribution in [0.2, 0.25) is 5.02 Å². The fourth-order valence-electron chi connectivity index (χ4n) is 2.43. The highest BCUT2D eigenvalue weighted by Crippen LogP contribution is 2.19. The van der Waals surface area contributed by atoms with E-state index in [1.807, 2.05) is 4.90 Å². The van der Waals surface area contributed by atoms with Gasteiger partial charge in [0.1, 0.15) is 0 Å². The standard InChI is InChI=1S/C13H17BClNO3/c1-9-3-2-6-16(8-9)13(17)10-4-5-11(14(18)19)12(15)7-10/h4-5,7,9,18-19H,2-3,6,8H2,1H3/t9-/m1/s1. The average molecular weight is 282 g/mol. The second kappa shape index (κ2) is 5.95. The number of halogens is 1. The first-order chi connectivity index (χ1) is 8.99. The summed E-state index contributed by atoms with van der Waals surface area (Å²) in [5.74, 6) is 0.471. The predicted octanol–water partition coefficient (Wildman–Crippen LogP) is 0.892. The Morgan fingerprint density at radius 3 is 2.79 bits per heavy atom. The van der Waals surface area contributed by atoms with Gasteiger partial charge in [0.05, 0.1) is 0 Å². The molecule has 102 valence electrons. The van der Waals surface area contributed by atoms with Crippen molar-refractivity contribution in [1.82, 2.24) is 4.90 Å². The summed E-state index contributed by atoms with van der Waals surface area (Å²) in [5.41, 5.74) is 0.703. The minimum absolute atomic E-state index is 0.0487. The van der Waals surface area contributed by atoms with Crippen molar-refractivity contribution in [2.45, 2.75) is 19.8 Å². The van der Waals surface area contributed by atoms with Crippen LogP contribution in [0.15, 0.2) is 18.2 Å². The van der Waals surface area contributed by atoms with Crippen molar-refractivity contribution in [3.63, 3.8) is 0 Å². The third-order valence-electron chi connectivity index (χ3n) is 3.47. The van der Waals surface area contributed by atoms with Gasteiger partial charge in [-0.2, -0.15) is 0 Å². The molecule has 1 aliphatic rings. The molecule has 1 heterocycles. The van der Waals surface area contributed by atoms with Crippen LogP contribution in [0.1, 0.15) is 30.1 Å². The zero-order chi connectivity index (χ0) is 14.0. The molecule has 1 aromatic carbocycles. The predicted molar refractivity (Wildman–Crippen MR) is 75.6 cm³/mol. The third kappa shape index (κ3) is 3.29. The number of amides is 1. The largest absolute Gasteiger partial charge is 0.489 e. The van der Waals surface area contributed by atoms with Gasteiger partial charge in [-0.15, -0.1) is 0 Å². The Hall–Kier alpha value is -1.04. The number of piperidine rings is 1. The second-order valence-corrected chi connectivity index (χ2v) is 5.52. The lowest BCUT2D eigenvalue weighted by Crippen LogP contribution is -2.39. The molecule has 19 heavy (non-hydrogen) atoms. The first-order valence-corrected chi connectivity index (χ1v) is 6.81. The Morgan fingerprint density at radius 2 is 2.21 bits per heavy atom. The van der Waals surface area contributed by atoms with E-state index >= 15 is 0 Å². The maximum absolute atomic E-state index is 12.3. The molecule has 0 bridgehead atoms. The number of carbonyl (C=O) groups is 1. The van der Waals surface area contributed by atoms with Crippen molar-refractivity contribution in [2.24, 2.45) is 5.92 Å². The quantitative estimate of drug-likeness (QED) is 0.792. The van der Waals surface area contributed by atoms with E-state index in [1.54, 1.807) is 6.07 Å². The molecule has 4 nitrogen and oxygen atoms in total. The molecule has 0 aromatic heterocycles. The van der Waals surface area contributed by atoms with Crippen LogP contribution in [-0.2, 0) is 0 Å². The Kier molecular flexibility index (Phi) is 4.50. The molecule has 2 rings (SSSR count). The molecule has 0 spiro atoms. The molecule has 1 amide bonds. The Labute approximate surface area is 118 Å². The van der Waals surface area contributed by atoms with Gasteiger partial charge in [-0.3, -0.25) is 4.79 Å². The number of carbonyl (C=O) groups excluding carboxylic acids is 1. The number of rotatable bonds is 2. The Morgan fingerprint density at radius 1 is 1.47 bits per heavy atom. The lowest BCUT2D eigenvalue weighted by Gasteiger charge is -2.31. The van der Waals surface area contributed by atoms with Gasteiger partial charge in [-0.05, 0) is 30.9 Å². The highest BCUT2D eigenvalue weighted by atomic mass is 35.5. The molecule has 1 aromatic rings. The highest BCUT2D eigenvalue weighted by Gasteiger charge is 2.23. The van der Waals surface area contributed by atoms with Gasteiger partial charge in [0, 0.05) is 29.1 Å². The van der Waals surface area contributed by atoms with Crippen molar-refractivity contribution in [1.29, 1.82) is 0 Å². The maximum Gasteiger partial charge on any atom is 0.489 e. The zero-order valence-corrected chi connectivity index (χ0v) is 11.6. The SMILES string of the molecule is C[C@@H]1CCCN(C(=O)c2ccc(B(O)O)c(Cl)c2)C1. The molecule has 2 N–H and O–H groups in total. The topological polar surface area (TPSA) is 60.8 Å². The summed E-state index contributed by atoms with van der Waals surface area (Å²) in [6, 6.07) is 4.56. The van der Waals surface area contributed by atoms with Gasteiger partial charge < -0.3 is 14.9 Å². The van der Waals surface area contributed by atoms with E-state index in [0.29, 0.717) is 11.5 Å². The summed E-state index contributed by atoms with van der Waals surface area (Å²) >= 11 is 5.95. The smallest absolute Gasteiger partial charge is 0.423 e. The lowest BCUT2D eigenvalue weighted by atomic mass is 9.80. The lowest BCUT2D eigenvalue weighted by molar-refractivity contribution is 0.0683. The zero-order valence-electron chi connectivity index (χ0n) is 10.8. The summed E-state index contributed by atoms with van der Waals surface area (Å²) in [6.45, 7) is 3.67. The van der Waals surface area contributed by atoms with Crippen LogP contribution in [0.3, 0.4) is 0 Å². The molecule has 0 aliphatic carbocycles. The number of hydrogen-bond acceptors (Lipinski definition) is 3. The van der Waals surface area contributed by atoms with Crippen LogP contribution in [0.5, 0.6) is 0 Å². The van der Waals surface area contributed by atoms with Gasteiger partial charge in [0.25, 0.3) is 5.91 Å². The molecule has 0 radical (unpaired) electrons. The van der Waals surface area contributed by atoms with Crippen molar-refractivity contribution in [3.8, 4) is 0 Å². The molecule has 0 unspecified atom stereocenters. The van der Waals surface area contributed by atoms with Crippen LogP contribution in [0.4, 0.5) is 0 Å². The summed E-state index contributed by atoms with van der Waals surface area (Å²) in [6.07, 6.45) is 2.17. The van der Waals surface area contributed by atoms with Gasteiger partial charge in [0.15, 0.2) is 0 Å². The molecular weight excluding hydrogens is 264 g/mol. The van der Waals surface area contributed by atoms with Gasteiger partial charge in [0.2, 0.25) is 0 Å². The third-order valence-corrected chi connectivity index (χ3v) is 3.80. The monoisotopic (exact) mass is 281 g/mol. The first-order valence-electron chi connectivity index (χ1n) is 6.44. The van der Waals surface area contributed by atoms with E-state index in [9.17, 15) is 4.79 Å². The first kappa shape index (κ1) is 14.4. The van der Waals surface area contributed by atoms with Crippen molar-refractivity contribution >= 4 is 30.1 Å². The van der Waals surface area contributed by atoms with Crippen LogP contribution in [0, 0.1) is 5.92 Å². The summed E-state index contributed by atoms with van der Waals surface area (Å²) in [4.78, 5) is 14.1. The molecule has 1 fully saturated rings. The van der Waals surface area contributed by atoms with Crippen molar-refractivity contribution < 1.29 is 14.8 Å². The minimum atomic E-state index is -1.62. The van der Waals surface area contributed by atoms with E-state index in [4.69, 9.17) is 21.6 Å². The molecule has 1 atom stereocenters. The van der Waals surface area contributed by atoms with Crippen LogP contribution in [0.25, 0.3) is 0 Å². The van der Waals surface area contributed by atoms with Gasteiger partial charge >= 0.3 is 7.12 Å². The van der Waals surface area contributed by atoms with E-state index in [0.717, 1.165) is 25.9 Å². The van der Waals surface area contributed by atoms with E-state index in [-0.39, 0.29) is 16.4 Å². The molecule has 1 saturated heterocycles. The fourth-order valence-corrected chi connectivity index (χ4v) is 2.70. The molecule has 0 saturated carbocycles. The van der Waals surface area contributed by atoms with Crippen molar-refractivity contribution in [2.75, 3.05) is 13.1 Å². The number of hydrogen-bond donors (Lipinski definition) is 2. The summed E-state index contributed by atoms with van der Waals surface area (Å²) in [7, 11) is -1.62. The summed E-state index contributed by atoms with van der Waals surface area (Å²) in [5, 5.41) is 18.4.